The molecule has 84 valence electrons. The van der Waals surface area contributed by atoms with Crippen LogP contribution in [0.15, 0.2) is 0 Å². The van der Waals surface area contributed by atoms with Gasteiger partial charge in [0.05, 0.1) is 0 Å². The number of unbranched alkanes of at least 4 members (excludes halogenated alkanes) is 2. The second-order valence-electron chi connectivity index (χ2n) is 4.50. The first-order chi connectivity index (χ1) is 6.86. The van der Waals surface area contributed by atoms with E-state index in [0.29, 0.717) is 6.61 Å². The van der Waals surface area contributed by atoms with Crippen molar-refractivity contribution in [1.29, 1.82) is 0 Å². The Labute approximate surface area is 88.1 Å². The van der Waals surface area contributed by atoms with E-state index in [2.05, 4.69) is 12.2 Å². The van der Waals surface area contributed by atoms with Gasteiger partial charge >= 0.3 is 0 Å². The average Bonchev–Trinajstić information content (AvgIpc) is 2.63. The summed E-state index contributed by atoms with van der Waals surface area (Å²) in [6.07, 6.45) is 10.1. The molecular weight excluding hydrogens is 174 g/mol. The third-order valence-corrected chi connectivity index (χ3v) is 3.20. The van der Waals surface area contributed by atoms with E-state index >= 15 is 0 Å². The van der Waals surface area contributed by atoms with E-state index in [9.17, 15) is 0 Å². The van der Waals surface area contributed by atoms with E-state index in [1.165, 1.54) is 44.9 Å². The Kier molecular flexibility index (Phi) is 6.20. The summed E-state index contributed by atoms with van der Waals surface area (Å²) in [4.78, 5) is 0. The number of aliphatic hydroxyl groups is 1. The highest BCUT2D eigenvalue weighted by molar-refractivity contribution is 4.82. The zero-order valence-electron chi connectivity index (χ0n) is 9.47. The summed E-state index contributed by atoms with van der Waals surface area (Å²) in [5.41, 5.74) is 0. The molecule has 2 atom stereocenters. The lowest BCUT2D eigenvalue weighted by molar-refractivity contribution is 0.280. The molecule has 0 spiro atoms. The van der Waals surface area contributed by atoms with Crippen LogP contribution in [0.3, 0.4) is 0 Å². The maximum absolute atomic E-state index is 8.69. The maximum atomic E-state index is 8.69. The number of nitrogens with one attached hydrogen (secondary N) is 1. The van der Waals surface area contributed by atoms with E-state index in [-0.39, 0.29) is 0 Å². The van der Waals surface area contributed by atoms with E-state index in [0.717, 1.165) is 18.5 Å². The van der Waals surface area contributed by atoms with Crippen LogP contribution < -0.4 is 5.32 Å². The fraction of sp³-hybridized carbons (Fsp3) is 1.00. The van der Waals surface area contributed by atoms with Crippen molar-refractivity contribution >= 4 is 0 Å². The van der Waals surface area contributed by atoms with Crippen LogP contribution in [-0.4, -0.2) is 23.8 Å². The van der Waals surface area contributed by atoms with Gasteiger partial charge in [-0.2, -0.15) is 0 Å². The van der Waals surface area contributed by atoms with Gasteiger partial charge in [-0.05, 0) is 38.5 Å². The number of aliphatic hydroxyl groups excluding tert-OH is 1. The van der Waals surface area contributed by atoms with Crippen molar-refractivity contribution in [1.82, 2.24) is 5.32 Å². The van der Waals surface area contributed by atoms with Crippen molar-refractivity contribution in [3.05, 3.63) is 0 Å². The predicted molar refractivity (Wildman–Crippen MR) is 60.4 cm³/mol. The van der Waals surface area contributed by atoms with E-state index < -0.39 is 0 Å². The fourth-order valence-corrected chi connectivity index (χ4v) is 2.31. The van der Waals surface area contributed by atoms with Crippen molar-refractivity contribution in [3.63, 3.8) is 0 Å². The summed E-state index contributed by atoms with van der Waals surface area (Å²) < 4.78 is 0. The Morgan fingerprint density at radius 2 is 1.71 bits per heavy atom. The third-order valence-electron chi connectivity index (χ3n) is 3.20. The minimum Gasteiger partial charge on any atom is -0.396 e. The first kappa shape index (κ1) is 12.0. The Morgan fingerprint density at radius 3 is 2.29 bits per heavy atom. The van der Waals surface area contributed by atoms with Crippen LogP contribution in [0.25, 0.3) is 0 Å². The molecule has 1 fully saturated rings. The van der Waals surface area contributed by atoms with Crippen molar-refractivity contribution in [3.8, 4) is 0 Å². The van der Waals surface area contributed by atoms with Crippen LogP contribution in [0.4, 0.5) is 0 Å². The predicted octanol–water partition coefficient (Wildman–Crippen LogP) is 2.46. The molecule has 1 heterocycles. The van der Waals surface area contributed by atoms with Gasteiger partial charge < -0.3 is 10.4 Å². The quantitative estimate of drug-likeness (QED) is 0.617. The van der Waals surface area contributed by atoms with Gasteiger partial charge in [0.2, 0.25) is 0 Å². The number of rotatable bonds is 7. The molecule has 2 unspecified atom stereocenters. The topological polar surface area (TPSA) is 32.3 Å². The standard InChI is InChI=1S/C12H25NO/c1-2-3-6-11-8-9-12(13-11)7-4-5-10-14/h11-14H,2-10H2,1H3. The first-order valence-electron chi connectivity index (χ1n) is 6.23. The summed E-state index contributed by atoms with van der Waals surface area (Å²) in [5.74, 6) is 0. The molecule has 0 saturated carbocycles. The largest absolute Gasteiger partial charge is 0.396 e. The van der Waals surface area contributed by atoms with Crippen molar-refractivity contribution in [2.24, 2.45) is 0 Å². The van der Waals surface area contributed by atoms with E-state index in [1.54, 1.807) is 0 Å². The minimum absolute atomic E-state index is 0.353. The van der Waals surface area contributed by atoms with Crippen LogP contribution in [0.1, 0.15) is 58.3 Å². The first-order valence-corrected chi connectivity index (χ1v) is 6.23. The molecule has 2 N–H and O–H groups in total. The van der Waals surface area contributed by atoms with Crippen LogP contribution in [-0.2, 0) is 0 Å². The van der Waals surface area contributed by atoms with Gasteiger partial charge in [-0.25, -0.2) is 0 Å². The van der Waals surface area contributed by atoms with Gasteiger partial charge in [0.1, 0.15) is 0 Å². The van der Waals surface area contributed by atoms with Crippen molar-refractivity contribution in [2.75, 3.05) is 6.61 Å². The molecule has 1 rings (SSSR count). The Morgan fingerprint density at radius 1 is 1.07 bits per heavy atom. The molecule has 0 amide bonds. The smallest absolute Gasteiger partial charge is 0.0431 e. The summed E-state index contributed by atoms with van der Waals surface area (Å²) in [6.45, 7) is 2.61. The number of hydrogen-bond acceptors (Lipinski definition) is 2. The molecule has 1 aliphatic heterocycles. The molecule has 0 aromatic carbocycles. The van der Waals surface area contributed by atoms with Gasteiger partial charge in [-0.1, -0.05) is 19.8 Å². The summed E-state index contributed by atoms with van der Waals surface area (Å²) in [6, 6.07) is 1.53. The monoisotopic (exact) mass is 199 g/mol. The molecule has 0 aliphatic carbocycles. The van der Waals surface area contributed by atoms with Gasteiger partial charge in [0.15, 0.2) is 0 Å². The average molecular weight is 199 g/mol. The normalized spacial score (nSPS) is 27.0. The third kappa shape index (κ3) is 4.43. The van der Waals surface area contributed by atoms with Crippen molar-refractivity contribution < 1.29 is 5.11 Å². The molecule has 1 saturated heterocycles. The molecule has 0 aromatic heterocycles. The van der Waals surface area contributed by atoms with Gasteiger partial charge in [-0.3, -0.25) is 0 Å². The lowest BCUT2D eigenvalue weighted by atomic mass is 10.1. The summed E-state index contributed by atoms with van der Waals surface area (Å²) in [5, 5.41) is 12.4. The zero-order chi connectivity index (χ0) is 10.2. The molecular formula is C12H25NO. The Bertz CT molecular complexity index is 138. The molecule has 0 aromatic rings. The van der Waals surface area contributed by atoms with Crippen molar-refractivity contribution in [2.45, 2.75) is 70.4 Å². The molecule has 0 bridgehead atoms. The Hall–Kier alpha value is -0.0800. The molecule has 14 heavy (non-hydrogen) atoms. The summed E-state index contributed by atoms with van der Waals surface area (Å²) in [7, 11) is 0. The highest BCUT2D eigenvalue weighted by Crippen LogP contribution is 2.20. The van der Waals surface area contributed by atoms with Gasteiger partial charge in [0, 0.05) is 18.7 Å². The highest BCUT2D eigenvalue weighted by atomic mass is 16.2. The second-order valence-corrected chi connectivity index (χ2v) is 4.50. The van der Waals surface area contributed by atoms with Gasteiger partial charge in [0.25, 0.3) is 0 Å². The lowest BCUT2D eigenvalue weighted by Gasteiger charge is -2.13. The maximum Gasteiger partial charge on any atom is 0.0431 e. The molecule has 2 nitrogen and oxygen atoms in total. The lowest BCUT2D eigenvalue weighted by Crippen LogP contribution is -2.29. The zero-order valence-corrected chi connectivity index (χ0v) is 9.47. The second kappa shape index (κ2) is 7.24. The SMILES string of the molecule is CCCCC1CCC(CCCCO)N1. The van der Waals surface area contributed by atoms with Crippen LogP contribution >= 0.6 is 0 Å². The van der Waals surface area contributed by atoms with E-state index in [1.807, 2.05) is 0 Å². The summed E-state index contributed by atoms with van der Waals surface area (Å²) >= 11 is 0. The van der Waals surface area contributed by atoms with E-state index in [4.69, 9.17) is 5.11 Å². The molecule has 0 radical (unpaired) electrons. The van der Waals surface area contributed by atoms with Gasteiger partial charge in [-0.15, -0.1) is 0 Å². The van der Waals surface area contributed by atoms with Crippen LogP contribution in [0, 0.1) is 0 Å². The van der Waals surface area contributed by atoms with Crippen LogP contribution in [0.2, 0.25) is 0 Å². The molecule has 2 heteroatoms. The highest BCUT2D eigenvalue weighted by Gasteiger charge is 2.22. The fourth-order valence-electron chi connectivity index (χ4n) is 2.31. The number of hydrogen-bond donors (Lipinski definition) is 2. The minimum atomic E-state index is 0.353. The molecule has 1 aliphatic rings. The van der Waals surface area contributed by atoms with Crippen LogP contribution in [0.5, 0.6) is 0 Å². The Balaban J connectivity index is 2.02.